The molecule has 0 atom stereocenters. The third-order valence-electron chi connectivity index (χ3n) is 3.08. The molecule has 2 aromatic rings. The fourth-order valence-corrected chi connectivity index (χ4v) is 2.39. The van der Waals surface area contributed by atoms with Crippen LogP contribution in [0.5, 0.6) is 11.5 Å². The van der Waals surface area contributed by atoms with Crippen LogP contribution in [0.3, 0.4) is 0 Å². The van der Waals surface area contributed by atoms with E-state index in [2.05, 4.69) is 26.6 Å². The zero-order valence-electron chi connectivity index (χ0n) is 13.5. The number of thiocarbonyl (C=S) groups is 1. The first-order valence-electron chi connectivity index (χ1n) is 7.20. The van der Waals surface area contributed by atoms with Crippen molar-refractivity contribution in [1.82, 2.24) is 5.32 Å². The molecule has 0 fully saturated rings. The van der Waals surface area contributed by atoms with E-state index in [0.717, 1.165) is 4.47 Å². The molecule has 2 N–H and O–H groups in total. The quantitative estimate of drug-likeness (QED) is 0.404. The summed E-state index contributed by atoms with van der Waals surface area (Å²) in [6.45, 7) is -0.241. The molecule has 0 aliphatic rings. The lowest BCUT2D eigenvalue weighted by Crippen LogP contribution is -2.37. The maximum absolute atomic E-state index is 11.9. The first-order chi connectivity index (χ1) is 12.4. The Kier molecular flexibility index (Phi) is 6.87. The third-order valence-corrected chi connectivity index (χ3v) is 3.81. The fraction of sp³-hybridized carbons (Fsp3) is 0.125. The number of non-ortho nitro benzene ring substituents is 1. The van der Waals surface area contributed by atoms with Crippen LogP contribution in [0.1, 0.15) is 0 Å². The fourth-order valence-electron chi connectivity index (χ4n) is 1.90. The number of halogens is 1. The molecule has 10 heteroatoms. The summed E-state index contributed by atoms with van der Waals surface area (Å²) in [6, 6.07) is 11.0. The molecule has 0 heterocycles. The van der Waals surface area contributed by atoms with Crippen LogP contribution in [0, 0.1) is 10.1 Å². The van der Waals surface area contributed by atoms with Crippen LogP contribution in [-0.2, 0) is 4.79 Å². The molecule has 1 amide bonds. The van der Waals surface area contributed by atoms with Gasteiger partial charge in [0.15, 0.2) is 11.7 Å². The molecule has 0 aliphatic carbocycles. The lowest BCUT2D eigenvalue weighted by atomic mass is 10.2. The molecule has 0 saturated carbocycles. The average molecular weight is 440 g/mol. The van der Waals surface area contributed by atoms with Crippen LogP contribution in [-0.4, -0.2) is 29.7 Å². The molecule has 0 radical (unpaired) electrons. The van der Waals surface area contributed by atoms with Gasteiger partial charge in [0.25, 0.3) is 11.6 Å². The van der Waals surface area contributed by atoms with Crippen molar-refractivity contribution in [2.24, 2.45) is 0 Å². The van der Waals surface area contributed by atoms with Gasteiger partial charge in [-0.05, 0) is 42.5 Å². The summed E-state index contributed by atoms with van der Waals surface area (Å²) in [5.41, 5.74) is 0.127. The first-order valence-corrected chi connectivity index (χ1v) is 8.41. The number of carbonyl (C=O) groups is 1. The Morgan fingerprint density at radius 3 is 2.58 bits per heavy atom. The van der Waals surface area contributed by atoms with E-state index in [1.54, 1.807) is 24.3 Å². The minimum atomic E-state index is -0.543. The van der Waals surface area contributed by atoms with Gasteiger partial charge in [0.1, 0.15) is 11.5 Å². The largest absolute Gasteiger partial charge is 0.495 e. The second-order valence-electron chi connectivity index (χ2n) is 4.89. The van der Waals surface area contributed by atoms with Crippen LogP contribution in [0.25, 0.3) is 0 Å². The first kappa shape index (κ1) is 19.6. The van der Waals surface area contributed by atoms with Crippen LogP contribution in [0.15, 0.2) is 46.9 Å². The van der Waals surface area contributed by atoms with E-state index in [9.17, 15) is 14.9 Å². The van der Waals surface area contributed by atoms with Crippen molar-refractivity contribution in [2.75, 3.05) is 19.0 Å². The van der Waals surface area contributed by atoms with E-state index < -0.39 is 10.8 Å². The molecular formula is C16H14BrN3O5S. The van der Waals surface area contributed by atoms with Crippen LogP contribution in [0.2, 0.25) is 0 Å². The summed E-state index contributed by atoms with van der Waals surface area (Å²) in [5.74, 6) is 0.399. The number of methoxy groups -OCH3 is 1. The van der Waals surface area contributed by atoms with Gasteiger partial charge in [-0.25, -0.2) is 0 Å². The third kappa shape index (κ3) is 5.67. The Morgan fingerprint density at radius 1 is 1.27 bits per heavy atom. The molecule has 2 aromatic carbocycles. The number of benzene rings is 2. The standard InChI is InChI=1S/C16H14BrN3O5S/c1-24-14-7-4-11(20(22)23)8-13(14)18-16(26)19-15(21)9-25-12-5-2-10(17)3-6-12/h2-8H,9H2,1H3,(H2,18,19,21,26). The summed E-state index contributed by atoms with van der Waals surface area (Å²) >= 11 is 8.35. The van der Waals surface area contributed by atoms with E-state index in [1.807, 2.05) is 0 Å². The number of carbonyl (C=O) groups excluding carboxylic acids is 1. The number of nitrogens with one attached hydrogen (secondary N) is 2. The van der Waals surface area contributed by atoms with Gasteiger partial charge in [0.05, 0.1) is 17.7 Å². The van der Waals surface area contributed by atoms with Crippen molar-refractivity contribution >= 4 is 50.5 Å². The Balaban J connectivity index is 1.93. The SMILES string of the molecule is COc1ccc([N+](=O)[O-])cc1NC(=S)NC(=O)COc1ccc(Br)cc1. The van der Waals surface area contributed by atoms with Crippen molar-refractivity contribution in [3.63, 3.8) is 0 Å². The number of anilines is 1. The number of rotatable bonds is 6. The van der Waals surface area contributed by atoms with Gasteiger partial charge in [0, 0.05) is 16.6 Å². The Morgan fingerprint density at radius 2 is 1.96 bits per heavy atom. The van der Waals surface area contributed by atoms with Crippen LogP contribution >= 0.6 is 28.1 Å². The molecule has 0 bridgehead atoms. The summed E-state index contributed by atoms with van der Waals surface area (Å²) < 4.78 is 11.3. The average Bonchev–Trinajstić information content (AvgIpc) is 2.61. The van der Waals surface area contributed by atoms with Gasteiger partial charge in [-0.3, -0.25) is 20.2 Å². The molecule has 0 aromatic heterocycles. The molecule has 2 rings (SSSR count). The van der Waals surface area contributed by atoms with Gasteiger partial charge in [-0.15, -0.1) is 0 Å². The summed E-state index contributed by atoms with van der Waals surface area (Å²) in [6.07, 6.45) is 0. The van der Waals surface area contributed by atoms with E-state index in [0.29, 0.717) is 11.5 Å². The van der Waals surface area contributed by atoms with Gasteiger partial charge < -0.3 is 14.8 Å². The number of nitro benzene ring substituents is 1. The molecule has 136 valence electrons. The van der Waals surface area contributed by atoms with E-state index in [-0.39, 0.29) is 23.1 Å². The molecule has 0 unspecified atom stereocenters. The number of ether oxygens (including phenoxy) is 2. The molecule has 0 saturated heterocycles. The topological polar surface area (TPSA) is 103 Å². The number of hydrogen-bond acceptors (Lipinski definition) is 6. The lowest BCUT2D eigenvalue weighted by molar-refractivity contribution is -0.384. The molecular weight excluding hydrogens is 426 g/mol. The van der Waals surface area contributed by atoms with Crippen molar-refractivity contribution in [3.05, 3.63) is 57.1 Å². The summed E-state index contributed by atoms with van der Waals surface area (Å²) in [5, 5.41) is 16.0. The predicted molar refractivity (Wildman–Crippen MR) is 104 cm³/mol. The summed E-state index contributed by atoms with van der Waals surface area (Å²) in [4.78, 5) is 22.2. The molecule has 0 aliphatic heterocycles. The zero-order valence-corrected chi connectivity index (χ0v) is 15.9. The Hall–Kier alpha value is -2.72. The maximum atomic E-state index is 11.9. The van der Waals surface area contributed by atoms with Crippen LogP contribution < -0.4 is 20.1 Å². The lowest BCUT2D eigenvalue weighted by Gasteiger charge is -2.13. The highest BCUT2D eigenvalue weighted by Gasteiger charge is 2.13. The highest BCUT2D eigenvalue weighted by atomic mass is 79.9. The molecule has 26 heavy (non-hydrogen) atoms. The van der Waals surface area contributed by atoms with Gasteiger partial charge >= 0.3 is 0 Å². The highest BCUT2D eigenvalue weighted by Crippen LogP contribution is 2.28. The van der Waals surface area contributed by atoms with E-state index >= 15 is 0 Å². The molecule has 8 nitrogen and oxygen atoms in total. The van der Waals surface area contributed by atoms with E-state index in [4.69, 9.17) is 21.7 Å². The number of amides is 1. The highest BCUT2D eigenvalue weighted by molar-refractivity contribution is 9.10. The number of nitrogens with zero attached hydrogens (tertiary/aromatic N) is 1. The smallest absolute Gasteiger partial charge is 0.271 e. The second kappa shape index (κ2) is 9.11. The van der Waals surface area contributed by atoms with E-state index in [1.165, 1.54) is 25.3 Å². The normalized spacial score (nSPS) is 9.92. The maximum Gasteiger partial charge on any atom is 0.271 e. The van der Waals surface area contributed by atoms with Gasteiger partial charge in [-0.2, -0.15) is 0 Å². The minimum Gasteiger partial charge on any atom is -0.495 e. The predicted octanol–water partition coefficient (Wildman–Crippen LogP) is 3.26. The number of nitro groups is 1. The summed E-state index contributed by atoms with van der Waals surface area (Å²) in [7, 11) is 1.42. The second-order valence-corrected chi connectivity index (χ2v) is 6.21. The zero-order chi connectivity index (χ0) is 19.1. The molecule has 0 spiro atoms. The van der Waals surface area contributed by atoms with Crippen LogP contribution in [0.4, 0.5) is 11.4 Å². The Labute approximate surface area is 162 Å². The van der Waals surface area contributed by atoms with Crippen molar-refractivity contribution < 1.29 is 19.2 Å². The van der Waals surface area contributed by atoms with Gasteiger partial charge in [-0.1, -0.05) is 15.9 Å². The Bertz CT molecular complexity index is 829. The number of hydrogen-bond donors (Lipinski definition) is 2. The van der Waals surface area contributed by atoms with Crippen molar-refractivity contribution in [3.8, 4) is 11.5 Å². The minimum absolute atomic E-state index is 0.0341. The van der Waals surface area contributed by atoms with Crippen molar-refractivity contribution in [2.45, 2.75) is 0 Å². The monoisotopic (exact) mass is 439 g/mol. The van der Waals surface area contributed by atoms with Gasteiger partial charge in [0.2, 0.25) is 0 Å². The van der Waals surface area contributed by atoms with Crippen molar-refractivity contribution in [1.29, 1.82) is 0 Å².